The summed E-state index contributed by atoms with van der Waals surface area (Å²) in [7, 11) is 1.41. The van der Waals surface area contributed by atoms with Gasteiger partial charge in [-0.05, 0) is 43.7 Å². The lowest BCUT2D eigenvalue weighted by Crippen LogP contribution is -2.50. The molecule has 4 rings (SSSR count). The third-order valence-electron chi connectivity index (χ3n) is 7.32. The molecule has 2 aliphatic rings. The Labute approximate surface area is 257 Å². The van der Waals surface area contributed by atoms with E-state index in [4.69, 9.17) is 21.9 Å². The highest BCUT2D eigenvalue weighted by Gasteiger charge is 2.30. The van der Waals surface area contributed by atoms with Crippen molar-refractivity contribution >= 4 is 34.7 Å². The minimum Gasteiger partial charge on any atom is -0.494 e. The second-order valence-corrected chi connectivity index (χ2v) is 11.7. The summed E-state index contributed by atoms with van der Waals surface area (Å²) in [5.41, 5.74) is 17.9. The van der Waals surface area contributed by atoms with Crippen LogP contribution < -0.4 is 43.2 Å². The van der Waals surface area contributed by atoms with Crippen molar-refractivity contribution < 1.29 is 34.4 Å². The van der Waals surface area contributed by atoms with Crippen LogP contribution in [0.25, 0.3) is 10.6 Å². The predicted molar refractivity (Wildman–Crippen MR) is 162 cm³/mol. The van der Waals surface area contributed by atoms with Crippen molar-refractivity contribution in [2.45, 2.75) is 50.7 Å². The number of ether oxygens (including phenoxy) is 1. The zero-order chi connectivity index (χ0) is 32.0. The number of thiazole rings is 1. The van der Waals surface area contributed by atoms with Gasteiger partial charge in [-0.3, -0.25) is 19.7 Å². The first-order valence-electron chi connectivity index (χ1n) is 14.1. The van der Waals surface area contributed by atoms with Gasteiger partial charge in [-0.15, -0.1) is 11.3 Å². The van der Waals surface area contributed by atoms with Gasteiger partial charge in [0, 0.05) is 24.6 Å². The van der Waals surface area contributed by atoms with E-state index < -0.39 is 17.7 Å². The minimum atomic E-state index is -3.55. The van der Waals surface area contributed by atoms with E-state index in [1.165, 1.54) is 24.7 Å². The summed E-state index contributed by atoms with van der Waals surface area (Å²) in [6.07, 6.45) is 4.87. The molecule has 1 unspecified atom stereocenters. The number of para-hydroxylation sites is 1. The summed E-state index contributed by atoms with van der Waals surface area (Å²) < 4.78 is 5.66. The molecule has 0 radical (unpaired) electrons. The van der Waals surface area contributed by atoms with Crippen LogP contribution >= 0.6 is 11.3 Å². The summed E-state index contributed by atoms with van der Waals surface area (Å²) in [6, 6.07) is 4.88. The van der Waals surface area contributed by atoms with Gasteiger partial charge in [0.1, 0.15) is 21.4 Å². The Kier molecular flexibility index (Phi) is 10.4. The highest BCUT2D eigenvalue weighted by molar-refractivity contribution is 7.17. The molecule has 1 atom stereocenters. The van der Waals surface area contributed by atoms with E-state index in [0.717, 1.165) is 49.9 Å². The number of carbonyl (C=O) groups is 3. The van der Waals surface area contributed by atoms with Gasteiger partial charge in [0.05, 0.1) is 30.3 Å². The number of benzene rings is 1. The van der Waals surface area contributed by atoms with E-state index in [9.17, 15) is 29.7 Å². The molecule has 16 heteroatoms. The Bertz CT molecular complexity index is 1440. The van der Waals surface area contributed by atoms with Crippen molar-refractivity contribution in [2.75, 3.05) is 19.0 Å². The molecule has 15 nitrogen and oxygen atoms in total. The first-order valence-corrected chi connectivity index (χ1v) is 14.9. The van der Waals surface area contributed by atoms with E-state index in [-0.39, 0.29) is 46.7 Å². The van der Waals surface area contributed by atoms with Crippen LogP contribution in [0.3, 0.4) is 0 Å². The highest BCUT2D eigenvalue weighted by Crippen LogP contribution is 2.39. The van der Waals surface area contributed by atoms with Crippen LogP contribution in [-0.4, -0.2) is 63.8 Å². The number of methoxy groups -OCH3 is 1. The van der Waals surface area contributed by atoms with Gasteiger partial charge in [0.25, 0.3) is 11.8 Å². The molecule has 3 amide bonds. The molecule has 2 aliphatic carbocycles. The number of hydrogen-bond acceptors (Lipinski definition) is 13. The fourth-order valence-corrected chi connectivity index (χ4v) is 5.79. The third kappa shape index (κ3) is 8.45. The number of aliphatic hydroxyl groups is 3. The fraction of sp³-hybridized carbons (Fsp3) is 0.429. The molecule has 1 aromatic heterocycles. The van der Waals surface area contributed by atoms with Crippen LogP contribution in [0.5, 0.6) is 5.75 Å². The first-order chi connectivity index (χ1) is 20.9. The van der Waals surface area contributed by atoms with Crippen LogP contribution in [0.4, 0.5) is 5.69 Å². The molecule has 0 spiro atoms. The maximum absolute atomic E-state index is 13.0. The number of hydrogen-bond donors (Lipinski definition) is 10. The van der Waals surface area contributed by atoms with Gasteiger partial charge in [0.2, 0.25) is 5.91 Å². The first kappa shape index (κ1) is 32.7. The van der Waals surface area contributed by atoms with Crippen molar-refractivity contribution in [3.63, 3.8) is 0 Å². The molecule has 0 aliphatic heterocycles. The van der Waals surface area contributed by atoms with Gasteiger partial charge in [-0.2, -0.15) is 0 Å². The highest BCUT2D eigenvalue weighted by atomic mass is 32.1. The molecular formula is C28H38N8O7S. The lowest BCUT2D eigenvalue weighted by Gasteiger charge is -2.22. The number of aromatic nitrogens is 1. The van der Waals surface area contributed by atoms with Crippen molar-refractivity contribution in [1.29, 1.82) is 0 Å². The molecule has 238 valence electrons. The smallest absolute Gasteiger partial charge is 0.369 e. The summed E-state index contributed by atoms with van der Waals surface area (Å²) >= 11 is 1.15. The second kappa shape index (κ2) is 14.0. The standard InChI is InChI=1S/C28H38N8O7S/c1-43-23-16(27-32-13-20(44-27)25(38)34-19(12-29)14-5-2-3-6-14)7-4-8-17(23)33-18(22(31)26(39)36-28(40,41)42)11-21(30)35-24(37)15-9-10-15/h4,7-8,11,13-15,19,33,40-42H,2-3,5-6,9-10,12,29-31H2,1H3,(H,34,38)(H,35,37)(H,36,39)/b21-11+,22-18+. The second-order valence-electron chi connectivity index (χ2n) is 10.7. The Morgan fingerprint density at radius 3 is 2.48 bits per heavy atom. The lowest BCUT2D eigenvalue weighted by molar-refractivity contribution is -0.325. The van der Waals surface area contributed by atoms with Crippen LogP contribution in [0.15, 0.2) is 47.7 Å². The Morgan fingerprint density at radius 2 is 1.86 bits per heavy atom. The van der Waals surface area contributed by atoms with E-state index in [0.29, 0.717) is 27.9 Å². The van der Waals surface area contributed by atoms with Crippen LogP contribution in [0.1, 0.15) is 48.2 Å². The molecule has 1 aromatic carbocycles. The maximum atomic E-state index is 13.0. The number of allylic oxidation sites excluding steroid dienone is 1. The average molecular weight is 631 g/mol. The summed E-state index contributed by atoms with van der Waals surface area (Å²) in [4.78, 5) is 42.6. The van der Waals surface area contributed by atoms with Gasteiger partial charge in [0.15, 0.2) is 5.75 Å². The Hall–Kier alpha value is -4.22. The zero-order valence-electron chi connectivity index (χ0n) is 24.1. The summed E-state index contributed by atoms with van der Waals surface area (Å²) in [5, 5.41) is 38.1. The van der Waals surface area contributed by atoms with Crippen molar-refractivity contribution in [2.24, 2.45) is 29.0 Å². The molecule has 0 saturated heterocycles. The van der Waals surface area contributed by atoms with E-state index in [2.05, 4.69) is 20.9 Å². The number of rotatable bonds is 13. The molecule has 0 bridgehead atoms. The molecule has 2 fully saturated rings. The van der Waals surface area contributed by atoms with Crippen LogP contribution in [0, 0.1) is 11.8 Å². The topological polar surface area (TPSA) is 260 Å². The van der Waals surface area contributed by atoms with Gasteiger partial charge < -0.3 is 53.2 Å². The maximum Gasteiger partial charge on any atom is 0.369 e. The number of nitrogens with one attached hydrogen (secondary N) is 4. The number of nitrogens with two attached hydrogens (primary N) is 3. The molecule has 1 heterocycles. The third-order valence-corrected chi connectivity index (χ3v) is 8.35. The zero-order valence-corrected chi connectivity index (χ0v) is 24.9. The van der Waals surface area contributed by atoms with Gasteiger partial charge >= 0.3 is 6.10 Å². The number of amides is 3. The summed E-state index contributed by atoms with van der Waals surface area (Å²) in [5.74, 6) is -1.53. The Morgan fingerprint density at radius 1 is 1.16 bits per heavy atom. The van der Waals surface area contributed by atoms with Crippen molar-refractivity contribution in [1.82, 2.24) is 20.9 Å². The van der Waals surface area contributed by atoms with E-state index >= 15 is 0 Å². The van der Waals surface area contributed by atoms with Crippen LogP contribution in [-0.2, 0) is 9.59 Å². The van der Waals surface area contributed by atoms with E-state index in [1.54, 1.807) is 18.2 Å². The normalized spacial score (nSPS) is 17.0. The number of carbonyl (C=O) groups excluding carboxylic acids is 3. The SMILES string of the molecule is COc1c(NC(/C=C(\N)NC(=O)C2CC2)=C(/N)C(=O)NC(O)(O)O)cccc1-c1ncc(C(=O)NC(CN)C2CCCC2)s1. The summed E-state index contributed by atoms with van der Waals surface area (Å²) in [6.45, 7) is 0.347. The largest absolute Gasteiger partial charge is 0.494 e. The fourth-order valence-electron chi connectivity index (χ4n) is 4.95. The predicted octanol–water partition coefficient (Wildman–Crippen LogP) is -0.321. The van der Waals surface area contributed by atoms with E-state index in [1.807, 2.05) is 0 Å². The van der Waals surface area contributed by atoms with Gasteiger partial charge in [-0.1, -0.05) is 18.9 Å². The van der Waals surface area contributed by atoms with Crippen molar-refractivity contribution in [3.8, 4) is 16.3 Å². The molecule has 44 heavy (non-hydrogen) atoms. The number of nitrogens with zero attached hydrogens (tertiary/aromatic N) is 1. The molecule has 2 saturated carbocycles. The van der Waals surface area contributed by atoms with Crippen LogP contribution in [0.2, 0.25) is 0 Å². The molecule has 13 N–H and O–H groups in total. The molecule has 2 aromatic rings. The van der Waals surface area contributed by atoms with Gasteiger partial charge in [-0.25, -0.2) is 4.98 Å². The van der Waals surface area contributed by atoms with Crippen molar-refractivity contribution in [3.05, 3.63) is 52.6 Å². The quantitative estimate of drug-likeness (QED) is 0.0776. The monoisotopic (exact) mass is 630 g/mol. The number of anilines is 1. The minimum absolute atomic E-state index is 0.118. The average Bonchev–Trinajstić information content (AvgIpc) is 3.46. The molecular weight excluding hydrogens is 592 g/mol. The lowest BCUT2D eigenvalue weighted by atomic mass is 9.98. The Balaban J connectivity index is 1.61.